The number of carboxylic acids is 1. The molecule has 1 aliphatic heterocycles. The van der Waals surface area contributed by atoms with Crippen LogP contribution in [0.1, 0.15) is 37.8 Å². The van der Waals surface area contributed by atoms with Gasteiger partial charge in [-0.25, -0.2) is 8.78 Å². The van der Waals surface area contributed by atoms with E-state index in [0.717, 1.165) is 12.0 Å². The van der Waals surface area contributed by atoms with E-state index < -0.39 is 23.7 Å². The van der Waals surface area contributed by atoms with Crippen molar-refractivity contribution in [2.24, 2.45) is 0 Å². The highest BCUT2D eigenvalue weighted by Crippen LogP contribution is 2.62. The van der Waals surface area contributed by atoms with Crippen molar-refractivity contribution in [2.75, 3.05) is 0 Å². The molecule has 1 atom stereocenters. The molecule has 3 nitrogen and oxygen atoms in total. The number of halogens is 2. The number of aliphatic carboxylic acids is 1. The van der Waals surface area contributed by atoms with Gasteiger partial charge in [-0.2, -0.15) is 0 Å². The lowest BCUT2D eigenvalue weighted by Gasteiger charge is -2.33. The zero-order valence-electron chi connectivity index (χ0n) is 11.4. The molecule has 1 aliphatic carbocycles. The number of alkyl halides is 2. The summed E-state index contributed by atoms with van der Waals surface area (Å²) in [5.74, 6) is -3.96. The van der Waals surface area contributed by atoms with Crippen molar-refractivity contribution in [2.45, 2.75) is 50.0 Å². The van der Waals surface area contributed by atoms with Crippen LogP contribution in [-0.4, -0.2) is 22.6 Å². The molecule has 0 saturated heterocycles. The van der Waals surface area contributed by atoms with Gasteiger partial charge in [0.1, 0.15) is 11.4 Å². The summed E-state index contributed by atoms with van der Waals surface area (Å²) >= 11 is 0. The molecule has 1 heterocycles. The first-order chi connectivity index (χ1) is 9.18. The Labute approximate surface area is 115 Å². The van der Waals surface area contributed by atoms with Crippen LogP contribution in [0, 0.1) is 0 Å². The summed E-state index contributed by atoms with van der Waals surface area (Å²) in [6.07, 6.45) is 0.859. The van der Waals surface area contributed by atoms with E-state index in [9.17, 15) is 13.6 Å². The van der Waals surface area contributed by atoms with Crippen molar-refractivity contribution in [3.63, 3.8) is 0 Å². The van der Waals surface area contributed by atoms with Crippen molar-refractivity contribution in [3.8, 4) is 5.75 Å². The number of hydrogen-bond donors (Lipinski definition) is 1. The molecule has 1 fully saturated rings. The first kappa shape index (κ1) is 13.3. The highest BCUT2D eigenvalue weighted by atomic mass is 19.3. The van der Waals surface area contributed by atoms with Crippen molar-refractivity contribution >= 4 is 5.97 Å². The molecule has 0 amide bonds. The molecule has 0 spiro atoms. The van der Waals surface area contributed by atoms with Crippen LogP contribution >= 0.6 is 0 Å². The molecule has 20 heavy (non-hydrogen) atoms. The lowest BCUT2D eigenvalue weighted by atomic mass is 9.89. The molecule has 1 aromatic rings. The molecule has 108 valence electrons. The van der Waals surface area contributed by atoms with Crippen LogP contribution in [0.4, 0.5) is 8.78 Å². The van der Waals surface area contributed by atoms with Gasteiger partial charge < -0.3 is 9.84 Å². The summed E-state index contributed by atoms with van der Waals surface area (Å²) in [7, 11) is 0. The molecule has 1 saturated carbocycles. The Balaban J connectivity index is 2.01. The van der Waals surface area contributed by atoms with Gasteiger partial charge in [0.25, 0.3) is 5.92 Å². The molecule has 0 aromatic heterocycles. The van der Waals surface area contributed by atoms with Gasteiger partial charge in [0.05, 0.1) is 0 Å². The molecule has 1 N–H and O–H groups in total. The lowest BCUT2D eigenvalue weighted by Crippen LogP contribution is -2.33. The molecule has 1 unspecified atom stereocenters. The molecule has 3 rings (SSSR count). The molecule has 5 heteroatoms. The first-order valence-corrected chi connectivity index (χ1v) is 6.62. The fraction of sp³-hybridized carbons (Fsp3) is 0.533. The smallest absolute Gasteiger partial charge is 0.320 e. The second-order valence-corrected chi connectivity index (χ2v) is 6.28. The SMILES string of the molecule is CC1(C)CCc2cc(C3(C(=O)O)CC3(F)F)ccc2O1. The molecular formula is C15H16F2O3. The van der Waals surface area contributed by atoms with E-state index in [1.807, 2.05) is 13.8 Å². The minimum atomic E-state index is -3.16. The Bertz CT molecular complexity index is 595. The third-order valence-electron chi connectivity index (χ3n) is 4.29. The van der Waals surface area contributed by atoms with Crippen molar-refractivity contribution in [3.05, 3.63) is 29.3 Å². The average molecular weight is 282 g/mol. The van der Waals surface area contributed by atoms with Crippen LogP contribution in [0.5, 0.6) is 5.75 Å². The van der Waals surface area contributed by atoms with Crippen LogP contribution in [0.15, 0.2) is 18.2 Å². The predicted molar refractivity (Wildman–Crippen MR) is 68.3 cm³/mol. The van der Waals surface area contributed by atoms with Gasteiger partial charge in [0.2, 0.25) is 0 Å². The van der Waals surface area contributed by atoms with E-state index in [2.05, 4.69) is 0 Å². The topological polar surface area (TPSA) is 46.5 Å². The fourth-order valence-corrected chi connectivity index (χ4v) is 2.88. The summed E-state index contributed by atoms with van der Waals surface area (Å²) in [6.45, 7) is 3.94. The van der Waals surface area contributed by atoms with Crippen LogP contribution in [-0.2, 0) is 16.6 Å². The van der Waals surface area contributed by atoms with Gasteiger partial charge in [0, 0.05) is 6.42 Å². The van der Waals surface area contributed by atoms with E-state index in [4.69, 9.17) is 9.84 Å². The van der Waals surface area contributed by atoms with E-state index in [1.165, 1.54) is 6.07 Å². The quantitative estimate of drug-likeness (QED) is 0.906. The third kappa shape index (κ3) is 1.72. The van der Waals surface area contributed by atoms with Gasteiger partial charge in [0.15, 0.2) is 5.41 Å². The van der Waals surface area contributed by atoms with Gasteiger partial charge in [-0.15, -0.1) is 0 Å². The summed E-state index contributed by atoms with van der Waals surface area (Å²) in [5, 5.41) is 9.17. The van der Waals surface area contributed by atoms with Gasteiger partial charge in [-0.3, -0.25) is 4.79 Å². The maximum absolute atomic E-state index is 13.5. The van der Waals surface area contributed by atoms with Gasteiger partial charge in [-0.05, 0) is 43.9 Å². The maximum atomic E-state index is 13.5. The summed E-state index contributed by atoms with van der Waals surface area (Å²) in [6, 6.07) is 4.64. The van der Waals surface area contributed by atoms with Crippen molar-refractivity contribution in [1.82, 2.24) is 0 Å². The Kier molecular flexibility index (Phi) is 2.48. The first-order valence-electron chi connectivity index (χ1n) is 6.62. The van der Waals surface area contributed by atoms with Gasteiger partial charge in [-0.1, -0.05) is 12.1 Å². The highest BCUT2D eigenvalue weighted by molar-refractivity contribution is 5.88. The van der Waals surface area contributed by atoms with Crippen LogP contribution in [0.3, 0.4) is 0 Å². The Morgan fingerprint density at radius 3 is 2.55 bits per heavy atom. The molecule has 2 aliphatic rings. The number of carboxylic acid groups (broad SMARTS) is 1. The van der Waals surface area contributed by atoms with Crippen molar-refractivity contribution < 1.29 is 23.4 Å². The van der Waals surface area contributed by atoms with E-state index in [0.29, 0.717) is 12.2 Å². The van der Waals surface area contributed by atoms with Crippen LogP contribution in [0.2, 0.25) is 0 Å². The Hall–Kier alpha value is -1.65. The fourth-order valence-electron chi connectivity index (χ4n) is 2.88. The standard InChI is InChI=1S/C15H16F2O3/c1-13(2)6-5-9-7-10(3-4-11(9)20-13)14(12(18)19)8-15(14,16)17/h3-4,7H,5-6,8H2,1-2H3,(H,18,19). The average Bonchev–Trinajstić information content (AvgIpc) is 2.92. The van der Waals surface area contributed by atoms with Crippen LogP contribution in [0.25, 0.3) is 0 Å². The number of hydrogen-bond acceptors (Lipinski definition) is 2. The summed E-state index contributed by atoms with van der Waals surface area (Å²) in [5.41, 5.74) is -1.33. The minimum absolute atomic E-state index is 0.178. The summed E-state index contributed by atoms with van der Waals surface area (Å²) < 4.78 is 32.8. The maximum Gasteiger partial charge on any atom is 0.320 e. The van der Waals surface area contributed by atoms with E-state index in [-0.39, 0.29) is 11.2 Å². The van der Waals surface area contributed by atoms with E-state index in [1.54, 1.807) is 12.1 Å². The molecule has 1 aromatic carbocycles. The zero-order chi connectivity index (χ0) is 14.8. The third-order valence-corrected chi connectivity index (χ3v) is 4.29. The molecular weight excluding hydrogens is 266 g/mol. The summed E-state index contributed by atoms with van der Waals surface area (Å²) in [4.78, 5) is 11.3. The van der Waals surface area contributed by atoms with Crippen molar-refractivity contribution in [1.29, 1.82) is 0 Å². The second-order valence-electron chi connectivity index (χ2n) is 6.28. The second kappa shape index (κ2) is 3.71. The number of benzene rings is 1. The highest BCUT2D eigenvalue weighted by Gasteiger charge is 2.77. The van der Waals surface area contributed by atoms with Gasteiger partial charge >= 0.3 is 5.97 Å². The van der Waals surface area contributed by atoms with Crippen LogP contribution < -0.4 is 4.74 Å². The number of fused-ring (bicyclic) bond motifs is 1. The Morgan fingerprint density at radius 2 is 2.00 bits per heavy atom. The Morgan fingerprint density at radius 1 is 1.35 bits per heavy atom. The molecule has 0 radical (unpaired) electrons. The van der Waals surface area contributed by atoms with E-state index >= 15 is 0 Å². The minimum Gasteiger partial charge on any atom is -0.488 e. The molecule has 0 bridgehead atoms. The predicted octanol–water partition coefficient (Wildman–Crippen LogP) is 3.15. The number of carbonyl (C=O) groups is 1. The largest absolute Gasteiger partial charge is 0.488 e. The zero-order valence-corrected chi connectivity index (χ0v) is 11.4. The number of rotatable bonds is 2. The monoisotopic (exact) mass is 282 g/mol. The normalized spacial score (nSPS) is 29.2. The lowest BCUT2D eigenvalue weighted by molar-refractivity contribution is -0.142. The number of aryl methyl sites for hydroxylation is 1. The number of ether oxygens (including phenoxy) is 1.